The minimum absolute atomic E-state index is 0. The Kier molecular flexibility index (Phi) is 3840. The average molecular weight is 128 g/mol. The van der Waals surface area contributed by atoms with E-state index in [1.807, 2.05) is 0 Å². The van der Waals surface area contributed by atoms with E-state index in [9.17, 15) is 0 Å². The second-order valence-corrected chi connectivity index (χ2v) is 0. The van der Waals surface area contributed by atoms with Crippen LogP contribution in [0, 0.1) is 0 Å². The summed E-state index contributed by atoms with van der Waals surface area (Å²) in [6.45, 7) is 0. The van der Waals surface area contributed by atoms with Gasteiger partial charge in [0.1, 0.15) is 0 Å². The van der Waals surface area contributed by atoms with Crippen LogP contribution in [0.25, 0.3) is 0 Å². The van der Waals surface area contributed by atoms with Crippen molar-refractivity contribution >= 4 is 0 Å². The van der Waals surface area contributed by atoms with Crippen LogP contribution in [-0.4, -0.2) is 0 Å². The first-order chi connectivity index (χ1) is 0. The average Bonchev–Trinajstić information content (AvgIpc) is 0. The zero-order chi connectivity index (χ0) is 0. The third-order valence-corrected chi connectivity index (χ3v) is 0. The molecule has 0 nitrogen and oxygen atoms in total. The van der Waals surface area contributed by atoms with Crippen molar-refractivity contribution in [2.75, 3.05) is 0 Å². The summed E-state index contributed by atoms with van der Waals surface area (Å²) in [6, 6.07) is 0. The van der Waals surface area contributed by atoms with E-state index in [-0.39, 0.29) is 63.5 Å². The minimum Gasteiger partial charge on any atom is -1.00 e. The molecule has 0 rings (SSSR count). The van der Waals surface area contributed by atoms with Crippen LogP contribution in [0.2, 0.25) is 0 Å². The van der Waals surface area contributed by atoms with Crippen LogP contribution in [0.3, 0.4) is 0 Å². The first-order valence-corrected chi connectivity index (χ1v) is 0. The van der Waals surface area contributed by atoms with E-state index in [0.717, 1.165) is 0 Å². The van der Waals surface area contributed by atoms with E-state index in [4.69, 9.17) is 0 Å². The second-order valence-electron chi connectivity index (χ2n) is 0. The van der Waals surface area contributed by atoms with E-state index in [1.165, 1.54) is 0 Å². The van der Waals surface area contributed by atoms with E-state index in [2.05, 4.69) is 0 Å². The van der Waals surface area contributed by atoms with Gasteiger partial charge in [-0.15, -0.1) is 0 Å². The van der Waals surface area contributed by atoms with Crippen LogP contribution in [0.5, 0.6) is 0 Å². The molecule has 0 spiro atoms. The summed E-state index contributed by atoms with van der Waals surface area (Å²) in [7, 11) is 0. The third kappa shape index (κ3) is 64.5. The summed E-state index contributed by atoms with van der Waals surface area (Å²) in [5, 5.41) is 0. The molecule has 0 aliphatic heterocycles. The van der Waals surface area contributed by atoms with Gasteiger partial charge < -0.3 is 18.8 Å². The minimum atomic E-state index is 0. The molecule has 0 radical (unpaired) electrons. The monoisotopic (exact) mass is 128 g/mol. The molecular formula is F4LiSc. The van der Waals surface area contributed by atoms with Gasteiger partial charge in [-0.25, -0.2) is 0 Å². The molecule has 0 aromatic rings. The molecule has 0 atom stereocenters. The Labute approximate surface area is 63.5 Å². The second kappa shape index (κ2) is 118. The summed E-state index contributed by atoms with van der Waals surface area (Å²) >= 11 is 0. The zero-order valence-corrected chi connectivity index (χ0v) is 4.89. The van der Waals surface area contributed by atoms with Gasteiger partial charge in [0.15, 0.2) is 0 Å². The fourth-order valence-electron chi connectivity index (χ4n) is 0. The quantitative estimate of drug-likeness (QED) is 0.224. The predicted molar refractivity (Wildman–Crippen MR) is 0 cm³/mol. The van der Waals surface area contributed by atoms with Crippen molar-refractivity contribution in [1.82, 2.24) is 0 Å². The van der Waals surface area contributed by atoms with Gasteiger partial charge in [0.05, 0.1) is 0 Å². The number of hydrogen-bond donors (Lipinski definition) is 0. The van der Waals surface area contributed by atoms with E-state index < -0.39 is 0 Å². The Balaban J connectivity index is 0. The topological polar surface area (TPSA) is 0 Å². The first-order valence-electron chi connectivity index (χ1n) is 0. The first kappa shape index (κ1) is 195. The van der Waals surface area contributed by atoms with Crippen LogP contribution in [0.4, 0.5) is 0 Å². The van der Waals surface area contributed by atoms with Crippen LogP contribution in [0.15, 0.2) is 0 Å². The maximum Gasteiger partial charge on any atom is 3.00 e. The number of halogens is 4. The summed E-state index contributed by atoms with van der Waals surface area (Å²) < 4.78 is 0. The standard InChI is InChI=1S/4FH.Li.Sc/h4*1H;;/q;;;;+1;+3/p-4. The fraction of sp³-hybridized carbons (Fsp3) is 0. The van der Waals surface area contributed by atoms with E-state index in [1.54, 1.807) is 0 Å². The van der Waals surface area contributed by atoms with Gasteiger partial charge in [-0.1, -0.05) is 0 Å². The van der Waals surface area contributed by atoms with Gasteiger partial charge in [-0.2, -0.15) is 0 Å². The predicted octanol–water partition coefficient (Wildman–Crippen LogP) is -15.0. The molecule has 0 unspecified atom stereocenters. The summed E-state index contributed by atoms with van der Waals surface area (Å²) in [6.07, 6.45) is 0. The van der Waals surface area contributed by atoms with Crippen LogP contribution < -0.4 is 37.7 Å². The Bertz CT molecular complexity index is 7.51. The summed E-state index contributed by atoms with van der Waals surface area (Å²) in [5.41, 5.74) is 0. The molecule has 0 aliphatic carbocycles. The smallest absolute Gasteiger partial charge is 1.00 e. The molecule has 6 heavy (non-hydrogen) atoms. The fourth-order valence-corrected chi connectivity index (χ4v) is 0. The Morgan fingerprint density at radius 3 is 0.500 bits per heavy atom. The van der Waals surface area contributed by atoms with Gasteiger partial charge in [-0.3, -0.25) is 0 Å². The van der Waals surface area contributed by atoms with Gasteiger partial charge in [0.2, 0.25) is 0 Å². The molecule has 0 N–H and O–H groups in total. The van der Waals surface area contributed by atoms with Crippen molar-refractivity contribution in [3.05, 3.63) is 0 Å². The largest absolute Gasteiger partial charge is 3.00 e. The Hall–Kier alpha value is 1.19. The van der Waals surface area contributed by atoms with Gasteiger partial charge in [-0.05, 0) is 0 Å². The molecule has 32 valence electrons. The molecular weight excluding hydrogens is 128 g/mol. The van der Waals surface area contributed by atoms with Crippen molar-refractivity contribution in [1.29, 1.82) is 0 Å². The number of rotatable bonds is 0. The molecule has 0 aliphatic rings. The molecule has 0 amide bonds. The van der Waals surface area contributed by atoms with Crippen LogP contribution in [-0.2, 0) is 25.8 Å². The maximum atomic E-state index is 0. The van der Waals surface area contributed by atoms with Crippen LogP contribution in [0.1, 0.15) is 0 Å². The zero-order valence-electron chi connectivity index (χ0n) is 3.09. The van der Waals surface area contributed by atoms with Crippen molar-refractivity contribution in [2.24, 2.45) is 0 Å². The SMILES string of the molecule is [F-].[F-].[F-].[F-].[Li+].[Sc+3]. The van der Waals surface area contributed by atoms with E-state index >= 15 is 0 Å². The Morgan fingerprint density at radius 2 is 0.500 bits per heavy atom. The molecule has 0 saturated heterocycles. The van der Waals surface area contributed by atoms with E-state index in [0.29, 0.717) is 0 Å². The summed E-state index contributed by atoms with van der Waals surface area (Å²) in [5.74, 6) is 0. The third-order valence-electron chi connectivity index (χ3n) is 0. The molecule has 0 saturated carbocycles. The van der Waals surface area contributed by atoms with Gasteiger partial charge in [0, 0.05) is 0 Å². The number of hydrogen-bond acceptors (Lipinski definition) is 0. The van der Waals surface area contributed by atoms with Crippen molar-refractivity contribution in [3.63, 3.8) is 0 Å². The molecule has 0 bridgehead atoms. The van der Waals surface area contributed by atoms with Gasteiger partial charge >= 0.3 is 44.7 Å². The molecule has 0 heterocycles. The Morgan fingerprint density at radius 1 is 0.500 bits per heavy atom. The molecule has 0 fully saturated rings. The molecule has 6 heteroatoms. The normalized spacial score (nSPS) is 0. The van der Waals surface area contributed by atoms with Crippen molar-refractivity contribution < 1.29 is 63.5 Å². The van der Waals surface area contributed by atoms with Crippen molar-refractivity contribution in [2.45, 2.75) is 0 Å². The van der Waals surface area contributed by atoms with Crippen LogP contribution >= 0.6 is 0 Å². The summed E-state index contributed by atoms with van der Waals surface area (Å²) in [4.78, 5) is 0. The molecule has 0 aromatic carbocycles. The maximum absolute atomic E-state index is 0. The van der Waals surface area contributed by atoms with Gasteiger partial charge in [0.25, 0.3) is 0 Å². The molecule has 0 aromatic heterocycles. The van der Waals surface area contributed by atoms with Crippen molar-refractivity contribution in [3.8, 4) is 0 Å².